The second-order valence-electron chi connectivity index (χ2n) is 5.39. The lowest BCUT2D eigenvalue weighted by Gasteiger charge is -2.03. The predicted octanol–water partition coefficient (Wildman–Crippen LogP) is 3.97. The summed E-state index contributed by atoms with van der Waals surface area (Å²) in [7, 11) is 1.73. The Bertz CT molecular complexity index is 787. The lowest BCUT2D eigenvalue weighted by molar-refractivity contribution is -0.105. The molecule has 0 unspecified atom stereocenters. The molecule has 0 aliphatic carbocycles. The van der Waals surface area contributed by atoms with E-state index in [1.54, 1.807) is 7.05 Å². The summed E-state index contributed by atoms with van der Waals surface area (Å²) in [6.45, 7) is 8.46. The molecule has 0 spiro atoms. The van der Waals surface area contributed by atoms with E-state index in [1.807, 2.05) is 19.9 Å². The van der Waals surface area contributed by atoms with Gasteiger partial charge in [0.25, 0.3) is 0 Å². The number of hydrogen-bond donors (Lipinski definition) is 1. The molecule has 1 aromatic carbocycles. The van der Waals surface area contributed by atoms with E-state index in [2.05, 4.69) is 21.9 Å². The van der Waals surface area contributed by atoms with Gasteiger partial charge in [0.2, 0.25) is 5.88 Å². The van der Waals surface area contributed by atoms with Crippen LogP contribution in [0.1, 0.15) is 37.9 Å². The number of allylic oxidation sites excluding steroid dienone is 1. The SMILES string of the molecule is C=C(C=O)CCCOc1cc(C#N)ncn1.CC.CNCc1cc(F)cc(F)c1. The third kappa shape index (κ3) is 12.0. The van der Waals surface area contributed by atoms with Crippen LogP contribution < -0.4 is 10.1 Å². The van der Waals surface area contributed by atoms with Crippen LogP contribution in [0.5, 0.6) is 5.88 Å². The van der Waals surface area contributed by atoms with Gasteiger partial charge >= 0.3 is 0 Å². The number of rotatable bonds is 8. The smallest absolute Gasteiger partial charge is 0.217 e. The maximum Gasteiger partial charge on any atom is 0.217 e. The number of hydrogen-bond acceptors (Lipinski definition) is 6. The number of halogens is 2. The molecule has 0 saturated heterocycles. The highest BCUT2D eigenvalue weighted by Gasteiger charge is 1.99. The molecule has 0 amide bonds. The molecule has 0 saturated carbocycles. The van der Waals surface area contributed by atoms with Crippen LogP contribution in [0, 0.1) is 23.0 Å². The van der Waals surface area contributed by atoms with Crippen molar-refractivity contribution in [1.29, 1.82) is 5.26 Å². The summed E-state index contributed by atoms with van der Waals surface area (Å²) in [5, 5.41) is 11.4. The molecule has 0 bridgehead atoms. The summed E-state index contributed by atoms with van der Waals surface area (Å²) < 4.78 is 30.3. The zero-order valence-corrected chi connectivity index (χ0v) is 16.9. The Balaban J connectivity index is 0.000000526. The third-order valence-corrected chi connectivity index (χ3v) is 3.12. The topological polar surface area (TPSA) is 87.9 Å². The van der Waals surface area contributed by atoms with E-state index in [-0.39, 0.29) is 5.69 Å². The molecule has 6 nitrogen and oxygen atoms in total. The van der Waals surface area contributed by atoms with Crippen LogP contribution in [0.2, 0.25) is 0 Å². The zero-order chi connectivity index (χ0) is 22.1. The molecule has 0 aliphatic heterocycles. The fraction of sp³-hybridized carbons (Fsp3) is 0.333. The van der Waals surface area contributed by atoms with Gasteiger partial charge in [-0.25, -0.2) is 18.7 Å². The number of nitriles is 1. The largest absolute Gasteiger partial charge is 0.478 e. The minimum atomic E-state index is -0.532. The van der Waals surface area contributed by atoms with E-state index in [1.165, 1.54) is 24.5 Å². The minimum Gasteiger partial charge on any atom is -0.478 e. The van der Waals surface area contributed by atoms with Crippen molar-refractivity contribution in [3.05, 3.63) is 65.6 Å². The van der Waals surface area contributed by atoms with Gasteiger partial charge in [0.15, 0.2) is 0 Å². The Morgan fingerprint density at radius 1 is 1.24 bits per heavy atom. The Kier molecular flexibility index (Phi) is 14.1. The zero-order valence-electron chi connectivity index (χ0n) is 16.9. The van der Waals surface area contributed by atoms with Crippen molar-refractivity contribution in [3.63, 3.8) is 0 Å². The fourth-order valence-electron chi connectivity index (χ4n) is 1.93. The van der Waals surface area contributed by atoms with E-state index in [9.17, 15) is 13.6 Å². The summed E-state index contributed by atoms with van der Waals surface area (Å²) in [5.74, 6) is -0.700. The number of carbonyl (C=O) groups is 1. The Morgan fingerprint density at radius 3 is 2.45 bits per heavy atom. The van der Waals surface area contributed by atoms with E-state index >= 15 is 0 Å². The molecule has 2 aromatic rings. The van der Waals surface area contributed by atoms with Crippen molar-refractivity contribution < 1.29 is 18.3 Å². The van der Waals surface area contributed by atoms with Gasteiger partial charge < -0.3 is 10.1 Å². The highest BCUT2D eigenvalue weighted by molar-refractivity contribution is 5.71. The molecular weight excluding hydrogens is 378 g/mol. The van der Waals surface area contributed by atoms with Crippen molar-refractivity contribution in [2.75, 3.05) is 13.7 Å². The Morgan fingerprint density at radius 2 is 1.90 bits per heavy atom. The standard InChI is InChI=1S/C11H11N3O2.C8H9F2N.C2H6/c1-9(7-15)3-2-4-16-11-5-10(6-12)13-8-14-11;1-11-5-6-2-7(9)4-8(10)3-6;1-2/h5,7-8H,1-4H2;2-4,11H,5H2,1H3;1-2H3. The van der Waals surface area contributed by atoms with Crippen LogP contribution >= 0.6 is 0 Å². The van der Waals surface area contributed by atoms with Crippen molar-refractivity contribution >= 4 is 6.29 Å². The quantitative estimate of drug-likeness (QED) is 0.407. The minimum absolute atomic E-state index is 0.266. The molecule has 0 fully saturated rings. The first-order chi connectivity index (χ1) is 14.0. The molecule has 0 atom stereocenters. The third-order valence-electron chi connectivity index (χ3n) is 3.12. The highest BCUT2D eigenvalue weighted by atomic mass is 19.1. The maximum absolute atomic E-state index is 12.5. The summed E-state index contributed by atoms with van der Waals surface area (Å²) in [5.41, 5.74) is 1.43. The van der Waals surface area contributed by atoms with E-state index < -0.39 is 11.6 Å². The van der Waals surface area contributed by atoms with Gasteiger partial charge in [-0.3, -0.25) is 4.79 Å². The van der Waals surface area contributed by atoms with Crippen LogP contribution in [0.15, 0.2) is 42.7 Å². The number of aromatic nitrogens is 2. The van der Waals surface area contributed by atoms with Gasteiger partial charge in [-0.1, -0.05) is 20.4 Å². The average Bonchev–Trinajstić information content (AvgIpc) is 2.72. The molecule has 1 aromatic heterocycles. The second-order valence-corrected chi connectivity index (χ2v) is 5.39. The molecule has 156 valence electrons. The first-order valence-electron chi connectivity index (χ1n) is 9.06. The molecule has 8 heteroatoms. The lowest BCUT2D eigenvalue weighted by atomic mass is 10.2. The van der Waals surface area contributed by atoms with E-state index in [0.717, 1.165) is 12.4 Å². The van der Waals surface area contributed by atoms with Gasteiger partial charge in [0, 0.05) is 18.7 Å². The van der Waals surface area contributed by atoms with Crippen LogP contribution in [-0.4, -0.2) is 29.9 Å². The van der Waals surface area contributed by atoms with Crippen LogP contribution in [-0.2, 0) is 11.3 Å². The summed E-state index contributed by atoms with van der Waals surface area (Å²) in [4.78, 5) is 17.8. The molecule has 1 heterocycles. The number of ether oxygens (including phenoxy) is 1. The Hall–Kier alpha value is -3.18. The van der Waals surface area contributed by atoms with Crippen LogP contribution in [0.3, 0.4) is 0 Å². The number of aldehydes is 1. The van der Waals surface area contributed by atoms with Crippen LogP contribution in [0.4, 0.5) is 8.78 Å². The van der Waals surface area contributed by atoms with E-state index in [0.29, 0.717) is 43.0 Å². The molecule has 1 N–H and O–H groups in total. The van der Waals surface area contributed by atoms with Gasteiger partial charge in [0.05, 0.1) is 6.61 Å². The number of nitrogens with zero attached hydrogens (tertiary/aromatic N) is 3. The molecule has 29 heavy (non-hydrogen) atoms. The number of nitrogens with one attached hydrogen (secondary N) is 1. The monoisotopic (exact) mass is 404 g/mol. The highest BCUT2D eigenvalue weighted by Crippen LogP contribution is 2.08. The lowest BCUT2D eigenvalue weighted by Crippen LogP contribution is -2.05. The molecule has 2 rings (SSSR count). The first kappa shape index (κ1) is 25.8. The average molecular weight is 404 g/mol. The normalized spacial score (nSPS) is 9.10. The molecule has 0 aliphatic rings. The maximum atomic E-state index is 12.5. The van der Waals surface area contributed by atoms with Gasteiger partial charge in [-0.15, -0.1) is 0 Å². The Labute approximate surface area is 170 Å². The van der Waals surface area contributed by atoms with E-state index in [4.69, 9.17) is 10.00 Å². The van der Waals surface area contributed by atoms with Crippen molar-refractivity contribution in [3.8, 4) is 11.9 Å². The summed E-state index contributed by atoms with van der Waals surface area (Å²) in [6, 6.07) is 6.83. The first-order valence-corrected chi connectivity index (χ1v) is 9.06. The van der Waals surface area contributed by atoms with Crippen molar-refractivity contribution in [2.24, 2.45) is 0 Å². The second kappa shape index (κ2) is 15.8. The van der Waals surface area contributed by atoms with Crippen molar-refractivity contribution in [1.82, 2.24) is 15.3 Å². The summed E-state index contributed by atoms with van der Waals surface area (Å²) >= 11 is 0. The van der Waals surface area contributed by atoms with Gasteiger partial charge in [-0.2, -0.15) is 5.26 Å². The molecule has 0 radical (unpaired) electrons. The van der Waals surface area contributed by atoms with Crippen molar-refractivity contribution in [2.45, 2.75) is 33.2 Å². The number of carbonyl (C=O) groups excluding carboxylic acids is 1. The number of benzene rings is 1. The fourth-order valence-corrected chi connectivity index (χ4v) is 1.93. The summed E-state index contributed by atoms with van der Waals surface area (Å²) in [6.07, 6.45) is 3.29. The van der Waals surface area contributed by atoms with Gasteiger partial charge in [0.1, 0.15) is 36.0 Å². The molecular formula is C21H26F2N4O2. The van der Waals surface area contributed by atoms with Gasteiger partial charge in [-0.05, 0) is 43.2 Å². The van der Waals surface area contributed by atoms with Crippen LogP contribution in [0.25, 0.3) is 0 Å². The predicted molar refractivity (Wildman–Crippen MR) is 107 cm³/mol.